The highest BCUT2D eigenvalue weighted by Gasteiger charge is 2.25. The fraction of sp³-hybridized carbons (Fsp3) is 0.353. The summed E-state index contributed by atoms with van der Waals surface area (Å²) in [5.74, 6) is 1.25. The van der Waals surface area contributed by atoms with Gasteiger partial charge in [-0.3, -0.25) is 4.79 Å². The Kier molecular flexibility index (Phi) is 4.71. The highest BCUT2D eigenvalue weighted by Crippen LogP contribution is 2.20. The minimum Gasteiger partial charge on any atom is -0.497 e. The quantitative estimate of drug-likeness (QED) is 0.865. The first kappa shape index (κ1) is 15.3. The van der Waals surface area contributed by atoms with E-state index in [1.54, 1.807) is 31.5 Å². The molecule has 1 amide bonds. The summed E-state index contributed by atoms with van der Waals surface area (Å²) in [5.41, 5.74) is 0.651. The first-order valence-electron chi connectivity index (χ1n) is 7.64. The van der Waals surface area contributed by atoms with Crippen LogP contribution in [0.4, 0.5) is 0 Å². The Hall–Kier alpha value is -2.63. The third-order valence-corrected chi connectivity index (χ3v) is 3.88. The molecule has 0 N–H and O–H groups in total. The van der Waals surface area contributed by atoms with Gasteiger partial charge in [-0.25, -0.2) is 0 Å². The number of ether oxygens (including phenoxy) is 2. The van der Waals surface area contributed by atoms with Crippen molar-refractivity contribution in [3.05, 3.63) is 48.2 Å². The molecule has 0 atom stereocenters. The van der Waals surface area contributed by atoms with Gasteiger partial charge in [0.2, 0.25) is 5.88 Å². The number of benzene rings is 1. The van der Waals surface area contributed by atoms with Crippen LogP contribution in [-0.4, -0.2) is 47.3 Å². The monoisotopic (exact) mass is 313 g/mol. The first-order valence-corrected chi connectivity index (χ1v) is 7.64. The van der Waals surface area contributed by atoms with Gasteiger partial charge in [0.1, 0.15) is 11.9 Å². The number of piperidine rings is 1. The SMILES string of the molecule is COc1cccc(C(=O)N2CCC(Oc3cccnn3)CC2)c1. The van der Waals surface area contributed by atoms with E-state index in [-0.39, 0.29) is 12.0 Å². The van der Waals surface area contributed by atoms with Crippen molar-refractivity contribution in [2.24, 2.45) is 0 Å². The zero-order valence-electron chi connectivity index (χ0n) is 13.0. The number of carbonyl (C=O) groups excluding carboxylic acids is 1. The van der Waals surface area contributed by atoms with E-state index in [9.17, 15) is 4.79 Å². The van der Waals surface area contributed by atoms with Crippen LogP contribution in [0.5, 0.6) is 11.6 Å². The molecule has 23 heavy (non-hydrogen) atoms. The Labute approximate surface area is 135 Å². The van der Waals surface area contributed by atoms with E-state index in [1.165, 1.54) is 0 Å². The van der Waals surface area contributed by atoms with Crippen LogP contribution in [0.1, 0.15) is 23.2 Å². The number of hydrogen-bond acceptors (Lipinski definition) is 5. The van der Waals surface area contributed by atoms with E-state index in [4.69, 9.17) is 9.47 Å². The van der Waals surface area contributed by atoms with Gasteiger partial charge in [-0.15, -0.1) is 5.10 Å². The molecule has 1 aromatic heterocycles. The van der Waals surface area contributed by atoms with E-state index in [2.05, 4.69) is 10.2 Å². The summed E-state index contributed by atoms with van der Waals surface area (Å²) in [7, 11) is 1.60. The molecule has 3 rings (SSSR count). The van der Waals surface area contributed by atoms with Crippen molar-refractivity contribution in [3.63, 3.8) is 0 Å². The van der Waals surface area contributed by atoms with Crippen molar-refractivity contribution in [2.45, 2.75) is 18.9 Å². The molecule has 0 radical (unpaired) electrons. The molecular weight excluding hydrogens is 294 g/mol. The van der Waals surface area contributed by atoms with Crippen molar-refractivity contribution in [2.75, 3.05) is 20.2 Å². The van der Waals surface area contributed by atoms with Gasteiger partial charge in [-0.1, -0.05) is 6.07 Å². The van der Waals surface area contributed by atoms with E-state index in [0.29, 0.717) is 30.3 Å². The number of likely N-dealkylation sites (tertiary alicyclic amines) is 1. The summed E-state index contributed by atoms with van der Waals surface area (Å²) < 4.78 is 11.0. The van der Waals surface area contributed by atoms with Gasteiger partial charge in [0.15, 0.2) is 0 Å². The lowest BCUT2D eigenvalue weighted by Crippen LogP contribution is -2.41. The van der Waals surface area contributed by atoms with Crippen LogP contribution < -0.4 is 9.47 Å². The first-order chi connectivity index (χ1) is 11.3. The fourth-order valence-electron chi connectivity index (χ4n) is 2.64. The Balaban J connectivity index is 1.57. The van der Waals surface area contributed by atoms with Crippen molar-refractivity contribution >= 4 is 5.91 Å². The number of nitrogens with zero attached hydrogens (tertiary/aromatic N) is 3. The number of aromatic nitrogens is 2. The largest absolute Gasteiger partial charge is 0.497 e. The van der Waals surface area contributed by atoms with E-state index in [1.807, 2.05) is 23.1 Å². The average molecular weight is 313 g/mol. The predicted octanol–water partition coefficient (Wildman–Crippen LogP) is 2.17. The second-order valence-corrected chi connectivity index (χ2v) is 5.40. The Morgan fingerprint density at radius 1 is 1.22 bits per heavy atom. The van der Waals surface area contributed by atoms with Gasteiger partial charge in [0.25, 0.3) is 5.91 Å². The Bertz CT molecular complexity index is 655. The van der Waals surface area contributed by atoms with Gasteiger partial charge >= 0.3 is 0 Å². The molecule has 1 aliphatic rings. The summed E-state index contributed by atoms with van der Waals surface area (Å²) in [5, 5.41) is 7.72. The van der Waals surface area contributed by atoms with Crippen molar-refractivity contribution in [1.29, 1.82) is 0 Å². The molecule has 0 bridgehead atoms. The second-order valence-electron chi connectivity index (χ2n) is 5.40. The molecule has 1 aromatic carbocycles. The van der Waals surface area contributed by atoms with Crippen molar-refractivity contribution < 1.29 is 14.3 Å². The normalized spacial score (nSPS) is 15.3. The third kappa shape index (κ3) is 3.77. The van der Waals surface area contributed by atoms with Crippen LogP contribution in [0.15, 0.2) is 42.6 Å². The molecule has 0 unspecified atom stereocenters. The van der Waals surface area contributed by atoms with Gasteiger partial charge < -0.3 is 14.4 Å². The molecule has 0 spiro atoms. The lowest BCUT2D eigenvalue weighted by atomic mass is 10.1. The van der Waals surface area contributed by atoms with Gasteiger partial charge in [0.05, 0.1) is 7.11 Å². The molecule has 2 aromatic rings. The molecule has 0 saturated carbocycles. The number of rotatable bonds is 4. The van der Waals surface area contributed by atoms with Crippen LogP contribution in [0.2, 0.25) is 0 Å². The summed E-state index contributed by atoms with van der Waals surface area (Å²) in [6.07, 6.45) is 3.25. The number of methoxy groups -OCH3 is 1. The maximum Gasteiger partial charge on any atom is 0.253 e. The van der Waals surface area contributed by atoms with E-state index in [0.717, 1.165) is 12.8 Å². The lowest BCUT2D eigenvalue weighted by molar-refractivity contribution is 0.0585. The molecule has 120 valence electrons. The lowest BCUT2D eigenvalue weighted by Gasteiger charge is -2.32. The standard InChI is InChI=1S/C17H19N3O3/c1-22-15-5-2-4-13(12-15)17(21)20-10-7-14(8-11-20)23-16-6-3-9-18-19-16/h2-6,9,12,14H,7-8,10-11H2,1H3. The summed E-state index contributed by atoms with van der Waals surface area (Å²) in [6.45, 7) is 1.34. The molecule has 1 fully saturated rings. The molecule has 1 aliphatic heterocycles. The number of carbonyl (C=O) groups is 1. The van der Waals surface area contributed by atoms with Crippen molar-refractivity contribution in [3.8, 4) is 11.6 Å². The highest BCUT2D eigenvalue weighted by molar-refractivity contribution is 5.94. The number of hydrogen-bond donors (Lipinski definition) is 0. The zero-order valence-corrected chi connectivity index (χ0v) is 13.0. The van der Waals surface area contributed by atoms with E-state index >= 15 is 0 Å². The van der Waals surface area contributed by atoms with E-state index < -0.39 is 0 Å². The second kappa shape index (κ2) is 7.09. The molecular formula is C17H19N3O3. The Morgan fingerprint density at radius 3 is 2.74 bits per heavy atom. The highest BCUT2D eigenvalue weighted by atomic mass is 16.5. The Morgan fingerprint density at radius 2 is 2.04 bits per heavy atom. The van der Waals surface area contributed by atoms with Crippen LogP contribution >= 0.6 is 0 Å². The molecule has 2 heterocycles. The smallest absolute Gasteiger partial charge is 0.253 e. The summed E-state index contributed by atoms with van der Waals surface area (Å²) in [6, 6.07) is 10.8. The molecule has 6 heteroatoms. The topological polar surface area (TPSA) is 64.5 Å². The fourth-order valence-corrected chi connectivity index (χ4v) is 2.64. The maximum atomic E-state index is 12.5. The van der Waals surface area contributed by atoms with Crippen LogP contribution in [-0.2, 0) is 0 Å². The van der Waals surface area contributed by atoms with Crippen LogP contribution in [0.3, 0.4) is 0 Å². The molecule has 6 nitrogen and oxygen atoms in total. The zero-order chi connectivity index (χ0) is 16.1. The minimum absolute atomic E-state index is 0.0295. The molecule has 0 aliphatic carbocycles. The maximum absolute atomic E-state index is 12.5. The third-order valence-electron chi connectivity index (χ3n) is 3.88. The van der Waals surface area contributed by atoms with Crippen LogP contribution in [0, 0.1) is 0 Å². The predicted molar refractivity (Wildman–Crippen MR) is 84.6 cm³/mol. The van der Waals surface area contributed by atoms with Gasteiger partial charge in [0, 0.05) is 43.8 Å². The molecule has 1 saturated heterocycles. The van der Waals surface area contributed by atoms with Gasteiger partial charge in [-0.2, -0.15) is 5.10 Å². The number of amides is 1. The summed E-state index contributed by atoms with van der Waals surface area (Å²) in [4.78, 5) is 14.4. The van der Waals surface area contributed by atoms with Crippen molar-refractivity contribution in [1.82, 2.24) is 15.1 Å². The summed E-state index contributed by atoms with van der Waals surface area (Å²) >= 11 is 0. The average Bonchev–Trinajstić information content (AvgIpc) is 2.63. The van der Waals surface area contributed by atoms with Gasteiger partial charge in [-0.05, 0) is 24.3 Å². The minimum atomic E-state index is 0.0295. The van der Waals surface area contributed by atoms with Crippen LogP contribution in [0.25, 0.3) is 0 Å².